The van der Waals surface area contributed by atoms with Crippen molar-refractivity contribution in [2.45, 2.75) is 58.8 Å². The van der Waals surface area contributed by atoms with E-state index in [0.29, 0.717) is 37.1 Å². The second-order valence-electron chi connectivity index (χ2n) is 11.8. The Labute approximate surface area is 249 Å². The van der Waals surface area contributed by atoms with Crippen molar-refractivity contribution in [2.75, 3.05) is 61.2 Å². The summed E-state index contributed by atoms with van der Waals surface area (Å²) in [5, 5.41) is 4.49. The summed E-state index contributed by atoms with van der Waals surface area (Å²) in [6.07, 6.45) is 6.52. The third-order valence-electron chi connectivity index (χ3n) is 7.51. The van der Waals surface area contributed by atoms with Crippen molar-refractivity contribution >= 4 is 23.8 Å². The summed E-state index contributed by atoms with van der Waals surface area (Å²) in [7, 11) is 0. The topological polar surface area (TPSA) is 84.3 Å². The molecule has 224 valence electrons. The van der Waals surface area contributed by atoms with Crippen molar-refractivity contribution in [2.24, 2.45) is 5.10 Å². The first kappa shape index (κ1) is 29.5. The maximum atomic E-state index is 6.01. The Morgan fingerprint density at radius 1 is 0.810 bits per heavy atom. The summed E-state index contributed by atoms with van der Waals surface area (Å²) in [5.74, 6) is 4.62. The first-order valence-corrected chi connectivity index (χ1v) is 15.2. The molecule has 0 saturated carbocycles. The summed E-state index contributed by atoms with van der Waals surface area (Å²) in [6.45, 7) is 14.0. The van der Waals surface area contributed by atoms with Gasteiger partial charge in [0, 0.05) is 32.2 Å². The normalized spacial score (nSPS) is 15.4. The number of nitrogens with zero attached hydrogens (tertiary/aromatic N) is 5. The zero-order chi connectivity index (χ0) is 29.4. The molecule has 0 aliphatic carbocycles. The van der Waals surface area contributed by atoms with Gasteiger partial charge >= 0.3 is 0 Å². The van der Waals surface area contributed by atoms with Crippen LogP contribution in [0.3, 0.4) is 0 Å². The molecule has 42 heavy (non-hydrogen) atoms. The summed E-state index contributed by atoms with van der Waals surface area (Å²) in [4.78, 5) is 14.2. The third kappa shape index (κ3) is 7.84. The second kappa shape index (κ2) is 13.8. The van der Waals surface area contributed by atoms with Crippen LogP contribution in [0.4, 0.5) is 17.6 Å². The maximum absolute atomic E-state index is 6.01. The van der Waals surface area contributed by atoms with Crippen LogP contribution in [0.5, 0.6) is 17.2 Å². The molecule has 2 aromatic carbocycles. The van der Waals surface area contributed by atoms with E-state index in [0.717, 1.165) is 49.3 Å². The van der Waals surface area contributed by atoms with Crippen LogP contribution in [-0.4, -0.2) is 62.2 Å². The Hall–Kier alpha value is -4.01. The second-order valence-corrected chi connectivity index (χ2v) is 11.8. The van der Waals surface area contributed by atoms with Crippen LogP contribution in [0.2, 0.25) is 0 Å². The van der Waals surface area contributed by atoms with Gasteiger partial charge in [-0.05, 0) is 79.5 Å². The number of benzene rings is 2. The van der Waals surface area contributed by atoms with Crippen molar-refractivity contribution in [1.29, 1.82) is 0 Å². The van der Waals surface area contributed by atoms with Gasteiger partial charge < -0.3 is 24.0 Å². The van der Waals surface area contributed by atoms with Crippen LogP contribution >= 0.6 is 0 Å². The highest BCUT2D eigenvalue weighted by molar-refractivity contribution is 5.81. The number of anilines is 3. The molecule has 0 spiro atoms. The van der Waals surface area contributed by atoms with Gasteiger partial charge in [-0.3, -0.25) is 5.43 Å². The van der Waals surface area contributed by atoms with Crippen LogP contribution in [0.15, 0.2) is 53.6 Å². The first-order valence-electron chi connectivity index (χ1n) is 15.2. The quantitative estimate of drug-likeness (QED) is 0.154. The maximum Gasteiger partial charge on any atom is 0.229 e. The van der Waals surface area contributed by atoms with Crippen LogP contribution in [-0.2, 0) is 5.41 Å². The fraction of sp³-hybridized carbons (Fsp3) is 0.485. The monoisotopic (exact) mass is 572 g/mol. The van der Waals surface area contributed by atoms with E-state index in [1.54, 1.807) is 6.21 Å². The van der Waals surface area contributed by atoms with Crippen LogP contribution in [0.25, 0.3) is 0 Å². The molecule has 5 rings (SSSR count). The zero-order valence-corrected chi connectivity index (χ0v) is 25.4. The van der Waals surface area contributed by atoms with Gasteiger partial charge in [-0.1, -0.05) is 32.9 Å². The van der Waals surface area contributed by atoms with E-state index >= 15 is 0 Å². The number of aromatic nitrogens is 2. The van der Waals surface area contributed by atoms with E-state index in [1.807, 2.05) is 43.3 Å². The Morgan fingerprint density at radius 3 is 2.19 bits per heavy atom. The molecular weight excluding hydrogens is 528 g/mol. The number of nitrogens with one attached hydrogen (secondary N) is 1. The Kier molecular flexibility index (Phi) is 9.66. The SMILES string of the molecule is CCOc1cc(/C=N/Nc2cc(N3CCCC3)nc(N3CCCC3)n2)ccc1OCCOc1ccc(C(C)(C)C)cc1. The summed E-state index contributed by atoms with van der Waals surface area (Å²) >= 11 is 0. The number of ether oxygens (including phenoxy) is 3. The average molecular weight is 573 g/mol. The predicted octanol–water partition coefficient (Wildman–Crippen LogP) is 6.28. The first-order chi connectivity index (χ1) is 20.4. The minimum absolute atomic E-state index is 0.119. The molecule has 0 bridgehead atoms. The summed E-state index contributed by atoms with van der Waals surface area (Å²) < 4.78 is 17.8. The van der Waals surface area contributed by atoms with E-state index in [4.69, 9.17) is 24.2 Å². The number of hydrazone groups is 1. The molecule has 2 aliphatic rings. The minimum Gasteiger partial charge on any atom is -0.490 e. The Bertz CT molecular complexity index is 1290. The van der Waals surface area contributed by atoms with Gasteiger partial charge in [-0.2, -0.15) is 15.1 Å². The summed E-state index contributed by atoms with van der Waals surface area (Å²) in [6, 6.07) is 16.0. The molecule has 2 fully saturated rings. The molecule has 0 amide bonds. The van der Waals surface area contributed by atoms with E-state index in [-0.39, 0.29) is 5.41 Å². The molecule has 3 aromatic rings. The molecule has 0 unspecified atom stereocenters. The Balaban J connectivity index is 1.19. The molecule has 1 N–H and O–H groups in total. The van der Waals surface area contributed by atoms with E-state index in [1.165, 1.54) is 31.2 Å². The largest absolute Gasteiger partial charge is 0.490 e. The highest BCUT2D eigenvalue weighted by atomic mass is 16.5. The van der Waals surface area contributed by atoms with Crippen molar-refractivity contribution in [1.82, 2.24) is 9.97 Å². The van der Waals surface area contributed by atoms with Crippen LogP contribution in [0, 0.1) is 0 Å². The lowest BCUT2D eigenvalue weighted by Crippen LogP contribution is -2.24. The van der Waals surface area contributed by atoms with E-state index in [9.17, 15) is 0 Å². The standard InChI is InChI=1S/C33H44N6O3/c1-5-40-29-22-25(10-15-28(29)42-21-20-41-27-13-11-26(12-14-27)33(2,3)4)24-34-37-30-23-31(38-16-6-7-17-38)36-32(35-30)39-18-8-9-19-39/h10-15,22-24H,5-9,16-21H2,1-4H3,(H,35,36,37)/b34-24+. The number of hydrogen-bond acceptors (Lipinski definition) is 9. The van der Waals surface area contributed by atoms with Gasteiger partial charge in [0.15, 0.2) is 17.3 Å². The van der Waals surface area contributed by atoms with Crippen molar-refractivity contribution in [3.05, 3.63) is 59.7 Å². The number of hydrogen-bond donors (Lipinski definition) is 1. The van der Waals surface area contributed by atoms with Gasteiger partial charge in [0.2, 0.25) is 5.95 Å². The van der Waals surface area contributed by atoms with Crippen LogP contribution in [0.1, 0.15) is 64.5 Å². The van der Waals surface area contributed by atoms with Crippen molar-refractivity contribution in [3.63, 3.8) is 0 Å². The van der Waals surface area contributed by atoms with Crippen molar-refractivity contribution < 1.29 is 14.2 Å². The minimum atomic E-state index is 0.119. The molecule has 2 saturated heterocycles. The fourth-order valence-electron chi connectivity index (χ4n) is 5.17. The average Bonchev–Trinajstić information content (AvgIpc) is 3.72. The molecule has 1 aromatic heterocycles. The van der Waals surface area contributed by atoms with E-state index < -0.39 is 0 Å². The van der Waals surface area contributed by atoms with Gasteiger partial charge in [0.1, 0.15) is 24.8 Å². The summed E-state index contributed by atoms with van der Waals surface area (Å²) in [5.41, 5.74) is 5.42. The lowest BCUT2D eigenvalue weighted by molar-refractivity contribution is 0.208. The lowest BCUT2D eigenvalue weighted by Gasteiger charge is -2.21. The predicted molar refractivity (Wildman–Crippen MR) is 170 cm³/mol. The smallest absolute Gasteiger partial charge is 0.229 e. The molecular formula is C33H44N6O3. The fourth-order valence-corrected chi connectivity index (χ4v) is 5.17. The molecule has 9 nitrogen and oxygen atoms in total. The van der Waals surface area contributed by atoms with E-state index in [2.05, 4.69) is 53.2 Å². The lowest BCUT2D eigenvalue weighted by atomic mass is 9.87. The van der Waals surface area contributed by atoms with Crippen molar-refractivity contribution in [3.8, 4) is 17.2 Å². The molecule has 2 aliphatic heterocycles. The molecule has 0 radical (unpaired) electrons. The number of rotatable bonds is 12. The third-order valence-corrected chi connectivity index (χ3v) is 7.51. The van der Waals surface area contributed by atoms with Gasteiger partial charge in [0.05, 0.1) is 12.8 Å². The molecule has 9 heteroatoms. The van der Waals surface area contributed by atoms with Gasteiger partial charge in [-0.25, -0.2) is 0 Å². The Morgan fingerprint density at radius 2 is 1.50 bits per heavy atom. The van der Waals surface area contributed by atoms with Gasteiger partial charge in [-0.15, -0.1) is 0 Å². The zero-order valence-electron chi connectivity index (χ0n) is 25.4. The van der Waals surface area contributed by atoms with Gasteiger partial charge in [0.25, 0.3) is 0 Å². The van der Waals surface area contributed by atoms with Crippen LogP contribution < -0.4 is 29.4 Å². The highest BCUT2D eigenvalue weighted by Gasteiger charge is 2.20. The molecule has 0 atom stereocenters. The highest BCUT2D eigenvalue weighted by Crippen LogP contribution is 2.29. The molecule has 3 heterocycles.